The van der Waals surface area contributed by atoms with E-state index >= 15 is 0 Å². The monoisotopic (exact) mass is 334 g/mol. The van der Waals surface area contributed by atoms with Crippen LogP contribution >= 0.6 is 0 Å². The Balaban J connectivity index is 1.40. The Bertz CT molecular complexity index is 529. The van der Waals surface area contributed by atoms with Crippen LogP contribution in [0.1, 0.15) is 56.7 Å². The van der Waals surface area contributed by atoms with Crippen molar-refractivity contribution in [3.8, 4) is 0 Å². The van der Waals surface area contributed by atoms with E-state index in [0.29, 0.717) is 24.3 Å². The Kier molecular flexibility index (Phi) is 6.07. The number of aromatic nitrogens is 2. The second-order valence-corrected chi connectivity index (χ2v) is 6.90. The molecule has 1 saturated heterocycles. The molecule has 2 fully saturated rings. The molecule has 1 aliphatic heterocycles. The van der Waals surface area contributed by atoms with Gasteiger partial charge in [-0.2, -0.15) is 4.98 Å². The fourth-order valence-corrected chi connectivity index (χ4v) is 3.82. The second kappa shape index (κ2) is 8.46. The zero-order valence-corrected chi connectivity index (χ0v) is 14.9. The standard InChI is InChI=1S/C17H30N6O/c1-13-20-16(22-24-13)12-19-17(18-2)21-14-8-10-23(11-9-14)15-6-4-3-5-7-15/h14-15H,3-12H2,1-2H3,(H2,18,19,21). The first kappa shape index (κ1) is 17.2. The fourth-order valence-electron chi connectivity index (χ4n) is 3.82. The number of aryl methyl sites for hydroxylation is 1. The number of likely N-dealkylation sites (tertiary alicyclic amines) is 1. The molecule has 7 heteroatoms. The first-order valence-corrected chi connectivity index (χ1v) is 9.25. The Hall–Kier alpha value is -1.63. The molecule has 134 valence electrons. The molecule has 2 heterocycles. The van der Waals surface area contributed by atoms with Gasteiger partial charge < -0.3 is 20.1 Å². The van der Waals surface area contributed by atoms with Gasteiger partial charge in [-0.3, -0.25) is 4.99 Å². The average molecular weight is 334 g/mol. The third-order valence-electron chi connectivity index (χ3n) is 5.17. The van der Waals surface area contributed by atoms with Crippen LogP contribution in [0.15, 0.2) is 9.52 Å². The molecule has 0 spiro atoms. The molecule has 1 aromatic heterocycles. The summed E-state index contributed by atoms with van der Waals surface area (Å²) in [5, 5.41) is 10.7. The fraction of sp³-hybridized carbons (Fsp3) is 0.824. The van der Waals surface area contributed by atoms with Crippen LogP contribution in [0.4, 0.5) is 0 Å². The highest BCUT2D eigenvalue weighted by Crippen LogP contribution is 2.25. The minimum atomic E-state index is 0.489. The zero-order chi connectivity index (χ0) is 16.8. The van der Waals surface area contributed by atoms with Crippen molar-refractivity contribution >= 4 is 5.96 Å². The van der Waals surface area contributed by atoms with Gasteiger partial charge in [0.15, 0.2) is 11.8 Å². The molecule has 0 amide bonds. The van der Waals surface area contributed by atoms with Crippen molar-refractivity contribution in [3.05, 3.63) is 11.7 Å². The van der Waals surface area contributed by atoms with Crippen molar-refractivity contribution in [2.45, 2.75) is 70.5 Å². The number of guanidine groups is 1. The maximum absolute atomic E-state index is 4.98. The van der Waals surface area contributed by atoms with Gasteiger partial charge >= 0.3 is 0 Å². The Morgan fingerprint density at radius 3 is 2.58 bits per heavy atom. The van der Waals surface area contributed by atoms with E-state index in [-0.39, 0.29) is 0 Å². The molecule has 3 rings (SSSR count). The van der Waals surface area contributed by atoms with Crippen LogP contribution in [0.25, 0.3) is 0 Å². The highest BCUT2D eigenvalue weighted by molar-refractivity contribution is 5.79. The van der Waals surface area contributed by atoms with Gasteiger partial charge in [0.2, 0.25) is 5.89 Å². The van der Waals surface area contributed by atoms with E-state index < -0.39 is 0 Å². The van der Waals surface area contributed by atoms with Gasteiger partial charge in [0.25, 0.3) is 0 Å². The average Bonchev–Trinajstić information content (AvgIpc) is 3.05. The highest BCUT2D eigenvalue weighted by Gasteiger charge is 2.26. The van der Waals surface area contributed by atoms with Crippen LogP contribution in [-0.2, 0) is 6.54 Å². The van der Waals surface area contributed by atoms with Crippen molar-refractivity contribution in [3.63, 3.8) is 0 Å². The van der Waals surface area contributed by atoms with E-state index in [4.69, 9.17) is 4.52 Å². The van der Waals surface area contributed by atoms with Crippen LogP contribution in [0.3, 0.4) is 0 Å². The molecule has 2 N–H and O–H groups in total. The normalized spacial score (nSPS) is 21.8. The summed E-state index contributed by atoms with van der Waals surface area (Å²) in [6.07, 6.45) is 9.40. The van der Waals surface area contributed by atoms with Gasteiger partial charge in [-0.15, -0.1) is 0 Å². The molecule has 0 unspecified atom stereocenters. The Morgan fingerprint density at radius 1 is 1.21 bits per heavy atom. The van der Waals surface area contributed by atoms with E-state index in [1.54, 1.807) is 14.0 Å². The lowest BCUT2D eigenvalue weighted by Crippen LogP contribution is -2.50. The van der Waals surface area contributed by atoms with Crippen molar-refractivity contribution < 1.29 is 4.52 Å². The molecule has 1 aliphatic carbocycles. The number of nitrogens with zero attached hydrogens (tertiary/aromatic N) is 4. The summed E-state index contributed by atoms with van der Waals surface area (Å²) < 4.78 is 4.98. The minimum Gasteiger partial charge on any atom is -0.354 e. The predicted octanol–water partition coefficient (Wildman–Crippen LogP) is 1.84. The second-order valence-electron chi connectivity index (χ2n) is 6.90. The molecular weight excluding hydrogens is 304 g/mol. The van der Waals surface area contributed by atoms with Crippen molar-refractivity contribution in [2.75, 3.05) is 20.1 Å². The number of aliphatic imine (C=N–C) groups is 1. The van der Waals surface area contributed by atoms with E-state index in [0.717, 1.165) is 12.0 Å². The number of hydrogen-bond donors (Lipinski definition) is 2. The summed E-state index contributed by atoms with van der Waals surface area (Å²) in [5.74, 6) is 2.06. The minimum absolute atomic E-state index is 0.489. The van der Waals surface area contributed by atoms with Gasteiger partial charge in [-0.05, 0) is 25.7 Å². The summed E-state index contributed by atoms with van der Waals surface area (Å²) in [5.41, 5.74) is 0. The summed E-state index contributed by atoms with van der Waals surface area (Å²) in [7, 11) is 1.80. The van der Waals surface area contributed by atoms with Crippen LogP contribution in [-0.4, -0.2) is 53.2 Å². The van der Waals surface area contributed by atoms with E-state index in [1.165, 1.54) is 58.0 Å². The summed E-state index contributed by atoms with van der Waals surface area (Å²) >= 11 is 0. The first-order valence-electron chi connectivity index (χ1n) is 9.25. The van der Waals surface area contributed by atoms with Crippen LogP contribution in [0.2, 0.25) is 0 Å². The molecule has 2 aliphatic rings. The third kappa shape index (κ3) is 4.69. The summed E-state index contributed by atoms with van der Waals surface area (Å²) in [4.78, 5) is 11.2. The van der Waals surface area contributed by atoms with E-state index in [2.05, 4.69) is 30.7 Å². The molecule has 1 saturated carbocycles. The van der Waals surface area contributed by atoms with Gasteiger partial charge in [0.1, 0.15) is 0 Å². The maximum atomic E-state index is 4.98. The smallest absolute Gasteiger partial charge is 0.223 e. The molecule has 0 aromatic carbocycles. The number of nitrogens with one attached hydrogen (secondary N) is 2. The Labute approximate surface area is 144 Å². The number of hydrogen-bond acceptors (Lipinski definition) is 5. The first-order chi connectivity index (χ1) is 11.7. The molecule has 24 heavy (non-hydrogen) atoms. The maximum Gasteiger partial charge on any atom is 0.223 e. The summed E-state index contributed by atoms with van der Waals surface area (Å²) in [6, 6.07) is 1.32. The van der Waals surface area contributed by atoms with Crippen molar-refractivity contribution in [1.29, 1.82) is 0 Å². The number of rotatable bonds is 4. The number of piperidine rings is 1. The van der Waals surface area contributed by atoms with E-state index in [9.17, 15) is 0 Å². The molecule has 0 atom stereocenters. The quantitative estimate of drug-likeness (QED) is 0.646. The van der Waals surface area contributed by atoms with Gasteiger partial charge in [0.05, 0.1) is 6.54 Å². The molecule has 0 bridgehead atoms. The zero-order valence-electron chi connectivity index (χ0n) is 14.9. The topological polar surface area (TPSA) is 78.6 Å². The molecular formula is C17H30N6O. The van der Waals surface area contributed by atoms with Crippen molar-refractivity contribution in [2.24, 2.45) is 4.99 Å². The molecule has 0 radical (unpaired) electrons. The van der Waals surface area contributed by atoms with Gasteiger partial charge in [-0.25, -0.2) is 0 Å². The van der Waals surface area contributed by atoms with Gasteiger partial charge in [0, 0.05) is 39.1 Å². The van der Waals surface area contributed by atoms with Crippen LogP contribution in [0, 0.1) is 6.92 Å². The SMILES string of the molecule is CN=C(NCc1noc(C)n1)NC1CCN(C2CCCCC2)CC1. The third-order valence-corrected chi connectivity index (χ3v) is 5.17. The van der Waals surface area contributed by atoms with Crippen molar-refractivity contribution in [1.82, 2.24) is 25.7 Å². The van der Waals surface area contributed by atoms with Gasteiger partial charge in [-0.1, -0.05) is 24.4 Å². The highest BCUT2D eigenvalue weighted by atomic mass is 16.5. The predicted molar refractivity (Wildman–Crippen MR) is 93.8 cm³/mol. The molecule has 7 nitrogen and oxygen atoms in total. The lowest BCUT2D eigenvalue weighted by Gasteiger charge is -2.39. The molecule has 1 aromatic rings. The largest absolute Gasteiger partial charge is 0.354 e. The lowest BCUT2D eigenvalue weighted by molar-refractivity contribution is 0.119. The lowest BCUT2D eigenvalue weighted by atomic mass is 9.92. The summed E-state index contributed by atoms with van der Waals surface area (Å²) in [6.45, 7) is 4.72. The Morgan fingerprint density at radius 2 is 1.96 bits per heavy atom. The van der Waals surface area contributed by atoms with Crippen LogP contribution in [0.5, 0.6) is 0 Å². The van der Waals surface area contributed by atoms with E-state index in [1.807, 2.05) is 0 Å². The van der Waals surface area contributed by atoms with Crippen LogP contribution < -0.4 is 10.6 Å².